The van der Waals surface area contributed by atoms with Gasteiger partial charge in [0.25, 0.3) is 17.3 Å². The first-order chi connectivity index (χ1) is 14.2. The summed E-state index contributed by atoms with van der Waals surface area (Å²) in [4.78, 5) is 48.9. The van der Waals surface area contributed by atoms with Gasteiger partial charge in [-0.25, -0.2) is 0 Å². The second-order valence-electron chi connectivity index (χ2n) is 5.80. The molecule has 13 heteroatoms. The summed E-state index contributed by atoms with van der Waals surface area (Å²) in [5, 5.41) is 22.4. The number of aromatic nitrogens is 1. The minimum Gasteiger partial charge on any atom is -0.468 e. The molecule has 0 N–H and O–H groups in total. The van der Waals surface area contributed by atoms with Crippen LogP contribution < -0.4 is 4.80 Å². The minimum absolute atomic E-state index is 0.0719. The predicted octanol–water partition coefficient (Wildman–Crippen LogP) is 3.09. The van der Waals surface area contributed by atoms with Gasteiger partial charge in [-0.3, -0.25) is 29.8 Å². The Kier molecular flexibility index (Phi) is 5.89. The zero-order valence-electron chi connectivity index (χ0n) is 15.1. The van der Waals surface area contributed by atoms with Crippen LogP contribution in [0.15, 0.2) is 41.4 Å². The van der Waals surface area contributed by atoms with E-state index >= 15 is 0 Å². The number of esters is 1. The largest absolute Gasteiger partial charge is 0.468 e. The maximum Gasteiger partial charge on any atom is 0.325 e. The van der Waals surface area contributed by atoms with Crippen molar-refractivity contribution in [2.75, 3.05) is 7.11 Å². The van der Waals surface area contributed by atoms with Gasteiger partial charge in [-0.1, -0.05) is 29.0 Å². The monoisotopic (exact) mass is 450 g/mol. The van der Waals surface area contributed by atoms with Crippen LogP contribution in [-0.4, -0.2) is 33.4 Å². The molecule has 0 saturated heterocycles. The van der Waals surface area contributed by atoms with Gasteiger partial charge < -0.3 is 9.30 Å². The topological polar surface area (TPSA) is 147 Å². The van der Waals surface area contributed by atoms with E-state index in [1.54, 1.807) is 18.2 Å². The zero-order valence-corrected chi connectivity index (χ0v) is 16.7. The van der Waals surface area contributed by atoms with Crippen molar-refractivity contribution in [3.63, 3.8) is 0 Å². The van der Waals surface area contributed by atoms with Crippen molar-refractivity contribution in [3.05, 3.63) is 72.0 Å². The van der Waals surface area contributed by atoms with Crippen LogP contribution in [0.2, 0.25) is 5.02 Å². The molecule has 1 aromatic heterocycles. The quantitative estimate of drug-likeness (QED) is 0.329. The van der Waals surface area contributed by atoms with E-state index in [1.807, 2.05) is 0 Å². The molecule has 0 atom stereocenters. The number of nitro benzene ring substituents is 2. The standard InChI is InChI=1S/C17H11ClN4O7S/c1-29-14(23)8-20-15-12(18)3-2-4-13(15)30-17(20)19-16(24)9-5-10(21(25)26)7-11(6-9)22(27)28/h2-7H,8H2,1H3. The lowest BCUT2D eigenvalue weighted by Gasteiger charge is -2.04. The number of methoxy groups -OCH3 is 1. The molecule has 1 amide bonds. The number of ether oxygens (including phenoxy) is 1. The SMILES string of the molecule is COC(=O)Cn1c(=NC(=O)c2cc([N+](=O)[O-])cc([N+](=O)[O-])c2)sc2cccc(Cl)c21. The molecular weight excluding hydrogens is 440 g/mol. The maximum atomic E-state index is 12.7. The fourth-order valence-corrected chi connectivity index (χ4v) is 3.98. The van der Waals surface area contributed by atoms with Gasteiger partial charge in [-0.15, -0.1) is 0 Å². The van der Waals surface area contributed by atoms with Crippen LogP contribution in [0, 0.1) is 20.2 Å². The van der Waals surface area contributed by atoms with Crippen LogP contribution in [0.5, 0.6) is 0 Å². The summed E-state index contributed by atoms with van der Waals surface area (Å²) < 4.78 is 6.67. The molecule has 30 heavy (non-hydrogen) atoms. The van der Waals surface area contributed by atoms with Crippen molar-refractivity contribution in [1.29, 1.82) is 0 Å². The van der Waals surface area contributed by atoms with Gasteiger partial charge in [0, 0.05) is 12.1 Å². The number of carbonyl (C=O) groups is 2. The lowest BCUT2D eigenvalue weighted by molar-refractivity contribution is -0.394. The molecule has 3 aromatic rings. The highest BCUT2D eigenvalue weighted by atomic mass is 35.5. The highest BCUT2D eigenvalue weighted by Gasteiger charge is 2.20. The van der Waals surface area contributed by atoms with Gasteiger partial charge in [0.1, 0.15) is 6.54 Å². The molecule has 2 aromatic carbocycles. The molecule has 154 valence electrons. The molecule has 0 spiro atoms. The van der Waals surface area contributed by atoms with E-state index in [1.165, 1.54) is 11.7 Å². The van der Waals surface area contributed by atoms with Crippen molar-refractivity contribution in [2.45, 2.75) is 6.54 Å². The molecule has 0 unspecified atom stereocenters. The number of rotatable bonds is 5. The predicted molar refractivity (Wildman–Crippen MR) is 106 cm³/mol. The normalized spacial score (nSPS) is 11.5. The Morgan fingerprint density at radius 2 is 1.80 bits per heavy atom. The van der Waals surface area contributed by atoms with E-state index in [-0.39, 0.29) is 16.9 Å². The molecule has 0 saturated carbocycles. The summed E-state index contributed by atoms with van der Waals surface area (Å²) >= 11 is 7.27. The van der Waals surface area contributed by atoms with Gasteiger partial charge in [0.15, 0.2) is 4.80 Å². The number of fused-ring (bicyclic) bond motifs is 1. The Morgan fingerprint density at radius 3 is 2.37 bits per heavy atom. The number of amides is 1. The van der Waals surface area contributed by atoms with E-state index in [0.29, 0.717) is 15.2 Å². The van der Waals surface area contributed by atoms with Crippen LogP contribution in [0.4, 0.5) is 11.4 Å². The first-order valence-corrected chi connectivity index (χ1v) is 9.28. The number of nitro groups is 2. The summed E-state index contributed by atoms with van der Waals surface area (Å²) in [6, 6.07) is 7.52. The summed E-state index contributed by atoms with van der Waals surface area (Å²) in [5.41, 5.74) is -1.13. The van der Waals surface area contributed by atoms with Crippen LogP contribution >= 0.6 is 22.9 Å². The van der Waals surface area contributed by atoms with E-state index in [2.05, 4.69) is 9.73 Å². The third kappa shape index (κ3) is 4.18. The van der Waals surface area contributed by atoms with Crippen molar-refractivity contribution >= 4 is 56.4 Å². The van der Waals surface area contributed by atoms with Crippen molar-refractivity contribution < 1.29 is 24.2 Å². The minimum atomic E-state index is -0.955. The average molecular weight is 451 g/mol. The molecule has 0 aliphatic carbocycles. The molecule has 11 nitrogen and oxygen atoms in total. The first kappa shape index (κ1) is 21.1. The Morgan fingerprint density at radius 1 is 1.17 bits per heavy atom. The number of hydrogen-bond donors (Lipinski definition) is 0. The Bertz CT molecular complexity index is 1250. The highest BCUT2D eigenvalue weighted by Crippen LogP contribution is 2.26. The number of hydrogen-bond acceptors (Lipinski definition) is 8. The molecule has 0 aliphatic rings. The van der Waals surface area contributed by atoms with Gasteiger partial charge in [0.05, 0.1) is 43.8 Å². The van der Waals surface area contributed by atoms with E-state index in [4.69, 9.17) is 11.6 Å². The van der Waals surface area contributed by atoms with Crippen LogP contribution in [0.1, 0.15) is 10.4 Å². The number of thiazole rings is 1. The maximum absolute atomic E-state index is 12.7. The summed E-state index contributed by atoms with van der Waals surface area (Å²) in [7, 11) is 1.20. The third-order valence-corrected chi connectivity index (χ3v) is 5.28. The van der Waals surface area contributed by atoms with Crippen LogP contribution in [0.25, 0.3) is 10.2 Å². The smallest absolute Gasteiger partial charge is 0.325 e. The number of para-hydroxylation sites is 1. The molecule has 3 rings (SSSR count). The number of non-ortho nitro benzene ring substituents is 2. The average Bonchev–Trinajstić information content (AvgIpc) is 3.05. The fourth-order valence-electron chi connectivity index (χ4n) is 2.59. The second kappa shape index (κ2) is 8.39. The van der Waals surface area contributed by atoms with Gasteiger partial charge >= 0.3 is 5.97 Å². The molecule has 1 heterocycles. The van der Waals surface area contributed by atoms with E-state index in [9.17, 15) is 29.8 Å². The van der Waals surface area contributed by atoms with Crippen molar-refractivity contribution in [2.24, 2.45) is 4.99 Å². The van der Waals surface area contributed by atoms with Crippen molar-refractivity contribution in [3.8, 4) is 0 Å². The van der Waals surface area contributed by atoms with Crippen molar-refractivity contribution in [1.82, 2.24) is 4.57 Å². The Balaban J connectivity index is 2.20. The van der Waals surface area contributed by atoms with E-state index < -0.39 is 33.1 Å². The van der Waals surface area contributed by atoms with E-state index in [0.717, 1.165) is 29.5 Å². The van der Waals surface area contributed by atoms with Crippen LogP contribution in [0.3, 0.4) is 0 Å². The number of carbonyl (C=O) groups excluding carboxylic acids is 2. The second-order valence-corrected chi connectivity index (χ2v) is 7.22. The Labute approximate surface area is 176 Å². The van der Waals surface area contributed by atoms with Gasteiger partial charge in [-0.2, -0.15) is 4.99 Å². The fraction of sp³-hybridized carbons (Fsp3) is 0.118. The highest BCUT2D eigenvalue weighted by molar-refractivity contribution is 7.16. The molecule has 0 radical (unpaired) electrons. The molecular formula is C17H11ClN4O7S. The molecule has 0 fully saturated rings. The lowest BCUT2D eigenvalue weighted by atomic mass is 10.1. The first-order valence-electron chi connectivity index (χ1n) is 8.09. The van der Waals surface area contributed by atoms with Gasteiger partial charge in [0.2, 0.25) is 0 Å². The Hall–Kier alpha value is -3.64. The number of nitrogens with zero attached hydrogens (tertiary/aromatic N) is 4. The zero-order chi connectivity index (χ0) is 22.0. The summed E-state index contributed by atoms with van der Waals surface area (Å²) in [6.45, 7) is -0.290. The van der Waals surface area contributed by atoms with Crippen LogP contribution in [-0.2, 0) is 16.1 Å². The lowest BCUT2D eigenvalue weighted by Crippen LogP contribution is -2.22. The van der Waals surface area contributed by atoms with Gasteiger partial charge in [-0.05, 0) is 12.1 Å². The number of benzene rings is 2. The number of halogens is 1. The molecule has 0 aliphatic heterocycles. The summed E-state index contributed by atoms with van der Waals surface area (Å²) in [6.07, 6.45) is 0. The summed E-state index contributed by atoms with van der Waals surface area (Å²) in [5.74, 6) is -1.57. The molecule has 0 bridgehead atoms. The third-order valence-electron chi connectivity index (χ3n) is 3.94.